The Hall–Kier alpha value is -3.10. The van der Waals surface area contributed by atoms with Gasteiger partial charge in [-0.25, -0.2) is 0 Å². The summed E-state index contributed by atoms with van der Waals surface area (Å²) in [6.07, 6.45) is 2.65. The van der Waals surface area contributed by atoms with E-state index in [9.17, 15) is 29.4 Å². The average Bonchev–Trinajstić information content (AvgIpc) is 3.15. The van der Waals surface area contributed by atoms with Gasteiger partial charge in [-0.2, -0.15) is 0 Å². The first kappa shape index (κ1) is 27.5. The van der Waals surface area contributed by atoms with E-state index in [0.717, 1.165) is 5.57 Å². The highest BCUT2D eigenvalue weighted by molar-refractivity contribution is 6.02. The zero-order valence-electron chi connectivity index (χ0n) is 22.8. The quantitative estimate of drug-likeness (QED) is 0.545. The van der Waals surface area contributed by atoms with Crippen molar-refractivity contribution in [3.63, 3.8) is 0 Å². The van der Waals surface area contributed by atoms with E-state index in [0.29, 0.717) is 24.8 Å². The van der Waals surface area contributed by atoms with Crippen molar-refractivity contribution in [2.75, 3.05) is 0 Å². The van der Waals surface area contributed by atoms with Crippen LogP contribution in [-0.2, 0) is 28.7 Å². The fourth-order valence-electron chi connectivity index (χ4n) is 8.55. The number of benzene rings is 1. The first-order valence-corrected chi connectivity index (χ1v) is 13.7. The van der Waals surface area contributed by atoms with E-state index < -0.39 is 46.4 Å². The van der Waals surface area contributed by atoms with Crippen molar-refractivity contribution < 1.29 is 38.9 Å². The third kappa shape index (κ3) is 4.02. The Morgan fingerprint density at radius 3 is 2.36 bits per heavy atom. The van der Waals surface area contributed by atoms with Gasteiger partial charge in [0.15, 0.2) is 11.4 Å². The first-order valence-electron chi connectivity index (χ1n) is 13.7. The van der Waals surface area contributed by atoms with Crippen LogP contribution in [0.2, 0.25) is 0 Å². The SMILES string of the molecule is CC(=O)OC1=CC(=O)C=C2CC[C@@H]3[C@H]([C@@H](O)C[C@@]4(C)[C@H]3CC[C@@]4(OC(C)=O)C(=O)C(O)c3ccccc3)[C@]21C. The number of Topliss-reactive ketones (excluding diaryl/α,β-unsaturated/α-hetero) is 1. The second-order valence-corrected chi connectivity index (χ2v) is 12.0. The molecule has 0 aromatic heterocycles. The number of fused-ring (bicyclic) bond motifs is 5. The Balaban J connectivity index is 1.57. The summed E-state index contributed by atoms with van der Waals surface area (Å²) in [6.45, 7) is 6.36. The predicted octanol–water partition coefficient (Wildman–Crippen LogP) is 3.76. The van der Waals surface area contributed by atoms with Gasteiger partial charge in [0.25, 0.3) is 0 Å². The molecule has 3 fully saturated rings. The molecule has 1 aromatic carbocycles. The number of allylic oxidation sites excluding steroid dienone is 3. The van der Waals surface area contributed by atoms with E-state index in [1.54, 1.807) is 36.4 Å². The number of hydrogen-bond acceptors (Lipinski definition) is 8. The van der Waals surface area contributed by atoms with E-state index in [1.807, 2.05) is 13.8 Å². The minimum Gasteiger partial charge on any atom is -0.450 e. The van der Waals surface area contributed by atoms with Gasteiger partial charge in [-0.05, 0) is 62.5 Å². The maximum absolute atomic E-state index is 14.1. The largest absolute Gasteiger partial charge is 0.450 e. The third-order valence-electron chi connectivity index (χ3n) is 10.1. The summed E-state index contributed by atoms with van der Waals surface area (Å²) in [5.41, 5.74) is -2.19. The number of rotatable bonds is 5. The molecule has 8 heteroatoms. The number of ether oxygens (including phenoxy) is 2. The van der Waals surface area contributed by atoms with E-state index in [-0.39, 0.29) is 42.1 Å². The number of hydrogen-bond donors (Lipinski definition) is 2. The van der Waals surface area contributed by atoms with Crippen LogP contribution in [0.25, 0.3) is 0 Å². The fourth-order valence-corrected chi connectivity index (χ4v) is 8.55. The molecule has 5 rings (SSSR count). The second-order valence-electron chi connectivity index (χ2n) is 12.0. The molecule has 0 spiro atoms. The highest BCUT2D eigenvalue weighted by Gasteiger charge is 2.71. The molecule has 2 N–H and O–H groups in total. The topological polar surface area (TPSA) is 127 Å². The third-order valence-corrected chi connectivity index (χ3v) is 10.1. The first-order chi connectivity index (χ1) is 18.3. The molecule has 8 atom stereocenters. The molecule has 0 saturated heterocycles. The standard InChI is InChI=1S/C31H36O8/c1-17(32)38-25-15-21(34)14-20-10-11-22-23-12-13-31(39-18(2)33,28(37)27(36)19-8-6-5-7-9-19)29(23,3)16-24(35)26(22)30(20,25)4/h5-9,14-15,22-24,26-27,35-36H,10-13,16H2,1-4H3/t22-,23-,24-,26+,27?,29-,30+,31+/m0/s1. The Kier molecular flexibility index (Phi) is 6.71. The van der Waals surface area contributed by atoms with Gasteiger partial charge in [-0.1, -0.05) is 42.8 Å². The molecular formula is C31H36O8. The van der Waals surface area contributed by atoms with Crippen LogP contribution in [0.5, 0.6) is 0 Å². The molecule has 208 valence electrons. The van der Waals surface area contributed by atoms with Crippen LogP contribution in [0.15, 0.2) is 53.8 Å². The maximum Gasteiger partial charge on any atom is 0.307 e. The summed E-state index contributed by atoms with van der Waals surface area (Å²) in [5, 5.41) is 23.0. The number of aliphatic hydroxyl groups excluding tert-OH is 2. The van der Waals surface area contributed by atoms with Crippen molar-refractivity contribution in [2.24, 2.45) is 28.6 Å². The van der Waals surface area contributed by atoms with Crippen LogP contribution in [0.4, 0.5) is 0 Å². The summed E-state index contributed by atoms with van der Waals surface area (Å²) in [7, 11) is 0. The molecule has 0 radical (unpaired) electrons. The van der Waals surface area contributed by atoms with Gasteiger partial charge in [0.1, 0.15) is 11.9 Å². The van der Waals surface area contributed by atoms with Gasteiger partial charge in [-0.15, -0.1) is 0 Å². The zero-order chi connectivity index (χ0) is 28.3. The number of esters is 2. The fraction of sp³-hybridized carbons (Fsp3) is 0.548. The van der Waals surface area contributed by atoms with Crippen molar-refractivity contribution in [3.05, 3.63) is 59.4 Å². The molecule has 0 aliphatic heterocycles. The van der Waals surface area contributed by atoms with Gasteiger partial charge < -0.3 is 19.7 Å². The van der Waals surface area contributed by atoms with Crippen LogP contribution in [0, 0.1) is 28.6 Å². The van der Waals surface area contributed by atoms with Gasteiger partial charge in [0.05, 0.1) is 11.5 Å². The number of ketones is 2. The Labute approximate surface area is 228 Å². The van der Waals surface area contributed by atoms with Crippen LogP contribution in [-0.4, -0.2) is 45.4 Å². The van der Waals surface area contributed by atoms with Gasteiger partial charge >= 0.3 is 11.9 Å². The van der Waals surface area contributed by atoms with Crippen molar-refractivity contribution in [3.8, 4) is 0 Å². The molecule has 0 heterocycles. The molecule has 8 nitrogen and oxygen atoms in total. The molecular weight excluding hydrogens is 500 g/mol. The highest BCUT2D eigenvalue weighted by Crippen LogP contribution is 2.69. The van der Waals surface area contributed by atoms with Crippen molar-refractivity contribution in [1.29, 1.82) is 0 Å². The van der Waals surface area contributed by atoms with Gasteiger partial charge in [-0.3, -0.25) is 19.2 Å². The Bertz CT molecular complexity index is 1280. The average molecular weight is 537 g/mol. The molecule has 3 saturated carbocycles. The minimum atomic E-state index is -1.61. The Morgan fingerprint density at radius 2 is 1.72 bits per heavy atom. The minimum absolute atomic E-state index is 0.104. The monoisotopic (exact) mass is 536 g/mol. The molecule has 0 amide bonds. The van der Waals surface area contributed by atoms with Crippen molar-refractivity contribution in [2.45, 2.75) is 77.6 Å². The van der Waals surface area contributed by atoms with Gasteiger partial charge in [0.2, 0.25) is 5.78 Å². The number of aliphatic hydroxyl groups is 2. The zero-order valence-corrected chi connectivity index (χ0v) is 22.8. The number of carbonyl (C=O) groups is 4. The molecule has 39 heavy (non-hydrogen) atoms. The molecule has 0 bridgehead atoms. The predicted molar refractivity (Wildman–Crippen MR) is 140 cm³/mol. The van der Waals surface area contributed by atoms with Crippen LogP contribution < -0.4 is 0 Å². The van der Waals surface area contributed by atoms with Crippen LogP contribution in [0.3, 0.4) is 0 Å². The van der Waals surface area contributed by atoms with Crippen molar-refractivity contribution in [1.82, 2.24) is 0 Å². The summed E-state index contributed by atoms with van der Waals surface area (Å²) >= 11 is 0. The summed E-state index contributed by atoms with van der Waals surface area (Å²) < 4.78 is 11.5. The number of carbonyl (C=O) groups excluding carboxylic acids is 4. The summed E-state index contributed by atoms with van der Waals surface area (Å²) in [6, 6.07) is 8.57. The van der Waals surface area contributed by atoms with Crippen LogP contribution >= 0.6 is 0 Å². The van der Waals surface area contributed by atoms with Crippen LogP contribution in [0.1, 0.15) is 71.5 Å². The van der Waals surface area contributed by atoms with Crippen molar-refractivity contribution >= 4 is 23.5 Å². The Morgan fingerprint density at radius 1 is 1.03 bits per heavy atom. The highest BCUT2D eigenvalue weighted by atomic mass is 16.6. The smallest absolute Gasteiger partial charge is 0.307 e. The lowest BCUT2D eigenvalue weighted by molar-refractivity contribution is -0.203. The van der Waals surface area contributed by atoms with E-state index >= 15 is 0 Å². The van der Waals surface area contributed by atoms with E-state index in [4.69, 9.17) is 9.47 Å². The summed E-state index contributed by atoms with van der Waals surface area (Å²) in [4.78, 5) is 51.0. The normalized spacial score (nSPS) is 37.8. The summed E-state index contributed by atoms with van der Waals surface area (Å²) in [5.74, 6) is -2.34. The van der Waals surface area contributed by atoms with E-state index in [1.165, 1.54) is 19.9 Å². The molecule has 4 aliphatic rings. The lowest BCUT2D eigenvalue weighted by Crippen LogP contribution is -2.63. The maximum atomic E-state index is 14.1. The molecule has 1 unspecified atom stereocenters. The molecule has 1 aromatic rings. The lowest BCUT2D eigenvalue weighted by Gasteiger charge is -2.60. The van der Waals surface area contributed by atoms with Gasteiger partial charge in [0, 0.05) is 31.3 Å². The van der Waals surface area contributed by atoms with E-state index in [2.05, 4.69) is 0 Å². The lowest BCUT2D eigenvalue weighted by atomic mass is 9.45. The second kappa shape index (κ2) is 9.52. The molecule has 4 aliphatic carbocycles.